The fraction of sp³-hybridized carbons (Fsp3) is 0.462. The zero-order valence-electron chi connectivity index (χ0n) is 10.8. The molecule has 0 saturated carbocycles. The van der Waals surface area contributed by atoms with E-state index in [-0.39, 0.29) is 24.4 Å². The molecule has 1 atom stereocenters. The first-order valence-electron chi connectivity index (χ1n) is 5.55. The molecular weight excluding hydrogens is 236 g/mol. The smallest absolute Gasteiger partial charge is 0.236 e. The van der Waals surface area contributed by atoms with Crippen molar-refractivity contribution in [3.8, 4) is 0 Å². The number of likely N-dealkylation sites (N-methyl/N-ethyl adjacent to an activating group) is 1. The van der Waals surface area contributed by atoms with E-state index < -0.39 is 0 Å². The molecule has 1 amide bonds. The number of hydrogen-bond acceptors (Lipinski definition) is 2. The monoisotopic (exact) mass is 256 g/mol. The molecule has 0 spiro atoms. The second-order valence-electron chi connectivity index (χ2n) is 4.15. The van der Waals surface area contributed by atoms with E-state index >= 15 is 0 Å². The Morgan fingerprint density at radius 2 is 2.00 bits per heavy atom. The van der Waals surface area contributed by atoms with Gasteiger partial charge in [0.2, 0.25) is 5.91 Å². The van der Waals surface area contributed by atoms with Crippen LogP contribution in [-0.2, 0) is 11.3 Å². The first kappa shape index (κ1) is 15.9. The molecule has 0 aliphatic heterocycles. The molecule has 0 aliphatic carbocycles. The molecule has 0 heterocycles. The summed E-state index contributed by atoms with van der Waals surface area (Å²) in [5.41, 5.74) is 3.74. The van der Waals surface area contributed by atoms with E-state index in [1.165, 1.54) is 16.7 Å². The summed E-state index contributed by atoms with van der Waals surface area (Å²) in [6.07, 6.45) is 0. The summed E-state index contributed by atoms with van der Waals surface area (Å²) in [6.45, 7) is 6.75. The number of hydrogen-bond donors (Lipinski definition) is 2. The number of carbonyl (C=O) groups excluding carboxylic acids is 1. The van der Waals surface area contributed by atoms with Gasteiger partial charge < -0.3 is 10.6 Å². The Balaban J connectivity index is 0.00000256. The predicted molar refractivity (Wildman–Crippen MR) is 73.5 cm³/mol. The lowest BCUT2D eigenvalue weighted by atomic mass is 10.1. The third-order valence-corrected chi connectivity index (χ3v) is 2.74. The molecule has 0 unspecified atom stereocenters. The van der Waals surface area contributed by atoms with Crippen molar-refractivity contribution >= 4 is 18.3 Å². The lowest BCUT2D eigenvalue weighted by Gasteiger charge is -2.13. The highest BCUT2D eigenvalue weighted by Crippen LogP contribution is 2.10. The molecule has 4 heteroatoms. The van der Waals surface area contributed by atoms with Crippen LogP contribution in [0.5, 0.6) is 0 Å². The Morgan fingerprint density at radius 3 is 2.59 bits per heavy atom. The van der Waals surface area contributed by atoms with Crippen LogP contribution >= 0.6 is 12.4 Å². The standard InChI is InChI=1S/C13H20N2O.ClH/c1-9-5-6-10(2)12(7-9)8-15-11(3)13(16)14-4;/h5-7,11,15H,8H2,1-4H3,(H,14,16);1H/t11-;/m1./s1. The van der Waals surface area contributed by atoms with Crippen LogP contribution in [0, 0.1) is 13.8 Å². The van der Waals surface area contributed by atoms with Gasteiger partial charge in [-0.05, 0) is 31.9 Å². The van der Waals surface area contributed by atoms with E-state index in [0.717, 1.165) is 6.54 Å². The van der Waals surface area contributed by atoms with Gasteiger partial charge in [0.25, 0.3) is 0 Å². The first-order valence-corrected chi connectivity index (χ1v) is 5.55. The average molecular weight is 257 g/mol. The fourth-order valence-corrected chi connectivity index (χ4v) is 1.56. The normalized spacial score (nSPS) is 11.5. The molecule has 3 nitrogen and oxygen atoms in total. The van der Waals surface area contributed by atoms with Crippen LogP contribution < -0.4 is 10.6 Å². The van der Waals surface area contributed by atoms with Gasteiger partial charge in [-0.25, -0.2) is 0 Å². The molecule has 0 radical (unpaired) electrons. The topological polar surface area (TPSA) is 41.1 Å². The van der Waals surface area contributed by atoms with Crippen molar-refractivity contribution < 1.29 is 4.79 Å². The minimum atomic E-state index is -0.162. The van der Waals surface area contributed by atoms with Crippen LogP contribution in [0.25, 0.3) is 0 Å². The lowest BCUT2D eigenvalue weighted by molar-refractivity contribution is -0.122. The highest BCUT2D eigenvalue weighted by Gasteiger charge is 2.10. The van der Waals surface area contributed by atoms with Gasteiger partial charge in [-0.15, -0.1) is 12.4 Å². The van der Waals surface area contributed by atoms with Crippen LogP contribution in [0.3, 0.4) is 0 Å². The van der Waals surface area contributed by atoms with Gasteiger partial charge in [-0.3, -0.25) is 4.79 Å². The summed E-state index contributed by atoms with van der Waals surface area (Å²) in [5, 5.41) is 5.83. The summed E-state index contributed by atoms with van der Waals surface area (Å²) < 4.78 is 0. The number of halogens is 1. The number of aryl methyl sites for hydroxylation is 2. The van der Waals surface area contributed by atoms with Gasteiger partial charge in [-0.1, -0.05) is 23.8 Å². The maximum Gasteiger partial charge on any atom is 0.236 e. The average Bonchev–Trinajstić information content (AvgIpc) is 2.28. The van der Waals surface area contributed by atoms with Gasteiger partial charge in [0.1, 0.15) is 0 Å². The predicted octanol–water partition coefficient (Wildman–Crippen LogP) is 1.95. The molecule has 0 saturated heterocycles. The zero-order valence-corrected chi connectivity index (χ0v) is 11.6. The molecule has 0 fully saturated rings. The minimum Gasteiger partial charge on any atom is -0.358 e. The van der Waals surface area contributed by atoms with Gasteiger partial charge >= 0.3 is 0 Å². The van der Waals surface area contributed by atoms with Crippen molar-refractivity contribution in [1.29, 1.82) is 0 Å². The Morgan fingerprint density at radius 1 is 1.35 bits per heavy atom. The number of rotatable bonds is 4. The van der Waals surface area contributed by atoms with Crippen LogP contribution in [0.2, 0.25) is 0 Å². The molecule has 2 N–H and O–H groups in total. The molecule has 17 heavy (non-hydrogen) atoms. The van der Waals surface area contributed by atoms with Crippen LogP contribution in [0.15, 0.2) is 18.2 Å². The molecule has 1 rings (SSSR count). The Bertz CT molecular complexity index is 380. The molecule has 1 aromatic rings. The molecule has 0 aromatic heterocycles. The van der Waals surface area contributed by atoms with Crippen molar-refractivity contribution in [2.45, 2.75) is 33.4 Å². The van der Waals surface area contributed by atoms with Gasteiger partial charge in [0, 0.05) is 13.6 Å². The van der Waals surface area contributed by atoms with E-state index in [0.29, 0.717) is 0 Å². The Hall–Kier alpha value is -1.06. The van der Waals surface area contributed by atoms with Gasteiger partial charge in [-0.2, -0.15) is 0 Å². The summed E-state index contributed by atoms with van der Waals surface area (Å²) in [6, 6.07) is 6.20. The third kappa shape index (κ3) is 4.75. The Kier molecular flexibility index (Phi) is 6.85. The summed E-state index contributed by atoms with van der Waals surface area (Å²) in [4.78, 5) is 11.3. The molecular formula is C13H21ClN2O. The second kappa shape index (κ2) is 7.30. The van der Waals surface area contributed by atoms with Crippen LogP contribution in [0.1, 0.15) is 23.6 Å². The highest BCUT2D eigenvalue weighted by atomic mass is 35.5. The number of amides is 1. The van der Waals surface area contributed by atoms with Crippen molar-refractivity contribution in [2.75, 3.05) is 7.05 Å². The summed E-state index contributed by atoms with van der Waals surface area (Å²) in [7, 11) is 1.65. The van der Waals surface area contributed by atoms with Crippen LogP contribution in [0.4, 0.5) is 0 Å². The third-order valence-electron chi connectivity index (χ3n) is 2.74. The molecule has 1 aromatic carbocycles. The fourth-order valence-electron chi connectivity index (χ4n) is 1.56. The van der Waals surface area contributed by atoms with Crippen molar-refractivity contribution in [3.63, 3.8) is 0 Å². The SMILES string of the molecule is CNC(=O)[C@@H](C)NCc1cc(C)ccc1C.Cl. The van der Waals surface area contributed by atoms with E-state index in [2.05, 4.69) is 42.7 Å². The minimum absolute atomic E-state index is 0. The van der Waals surface area contributed by atoms with E-state index in [9.17, 15) is 4.79 Å². The Labute approximate surface area is 109 Å². The summed E-state index contributed by atoms with van der Waals surface area (Å²) in [5.74, 6) is 0.0188. The van der Waals surface area contributed by atoms with Crippen LogP contribution in [-0.4, -0.2) is 19.0 Å². The second-order valence-corrected chi connectivity index (χ2v) is 4.15. The van der Waals surface area contributed by atoms with Gasteiger partial charge in [0.05, 0.1) is 6.04 Å². The molecule has 0 bridgehead atoms. The lowest BCUT2D eigenvalue weighted by Crippen LogP contribution is -2.40. The number of nitrogens with one attached hydrogen (secondary N) is 2. The van der Waals surface area contributed by atoms with E-state index in [1.54, 1.807) is 7.05 Å². The maximum atomic E-state index is 11.3. The highest BCUT2D eigenvalue weighted by molar-refractivity contribution is 5.85. The maximum absolute atomic E-state index is 11.3. The molecule has 96 valence electrons. The van der Waals surface area contributed by atoms with Crippen molar-refractivity contribution in [1.82, 2.24) is 10.6 Å². The quantitative estimate of drug-likeness (QED) is 0.865. The number of carbonyl (C=O) groups is 1. The summed E-state index contributed by atoms with van der Waals surface area (Å²) >= 11 is 0. The number of benzene rings is 1. The van der Waals surface area contributed by atoms with E-state index in [1.807, 2.05) is 6.92 Å². The van der Waals surface area contributed by atoms with Crippen molar-refractivity contribution in [2.24, 2.45) is 0 Å². The van der Waals surface area contributed by atoms with Gasteiger partial charge in [0.15, 0.2) is 0 Å². The molecule has 0 aliphatic rings. The van der Waals surface area contributed by atoms with E-state index in [4.69, 9.17) is 0 Å². The zero-order chi connectivity index (χ0) is 12.1. The van der Waals surface area contributed by atoms with Crippen molar-refractivity contribution in [3.05, 3.63) is 34.9 Å². The first-order chi connectivity index (χ1) is 7.54. The largest absolute Gasteiger partial charge is 0.358 e.